The summed E-state index contributed by atoms with van der Waals surface area (Å²) in [4.78, 5) is 13.5. The summed E-state index contributed by atoms with van der Waals surface area (Å²) in [6, 6.07) is 7.94. The molecule has 3 heterocycles. The number of anilines is 1. The number of hydrogen-bond donors (Lipinski definition) is 1. The average Bonchev–Trinajstić information content (AvgIpc) is 3.37. The quantitative estimate of drug-likeness (QED) is 0.662. The molecule has 0 saturated heterocycles. The van der Waals surface area contributed by atoms with Gasteiger partial charge in [-0.05, 0) is 18.6 Å². The average molecular weight is 364 g/mol. The lowest BCUT2D eigenvalue weighted by Crippen LogP contribution is -2.08. The Morgan fingerprint density at radius 1 is 1.30 bits per heavy atom. The van der Waals surface area contributed by atoms with Gasteiger partial charge in [-0.3, -0.25) is 9.67 Å². The summed E-state index contributed by atoms with van der Waals surface area (Å²) in [5.41, 5.74) is 2.26. The Balaban J connectivity index is 1.36. The monoisotopic (exact) mass is 364 g/mol. The molecule has 7 heteroatoms. The van der Waals surface area contributed by atoms with Crippen molar-refractivity contribution in [1.82, 2.24) is 24.7 Å². The molecule has 0 spiro atoms. The smallest absolute Gasteiger partial charge is 0.218 e. The molecule has 1 aliphatic carbocycles. The predicted molar refractivity (Wildman–Crippen MR) is 103 cm³/mol. The first-order valence-electron chi connectivity index (χ1n) is 9.34. The highest BCUT2D eigenvalue weighted by Crippen LogP contribution is 2.46. The third-order valence-electron chi connectivity index (χ3n) is 4.73. The van der Waals surface area contributed by atoms with Gasteiger partial charge < -0.3 is 10.1 Å². The molecule has 7 nitrogen and oxygen atoms in total. The van der Waals surface area contributed by atoms with Gasteiger partial charge in [-0.25, -0.2) is 4.98 Å². The number of nitrogens with zero attached hydrogens (tertiary/aromatic N) is 5. The Labute approximate surface area is 158 Å². The van der Waals surface area contributed by atoms with E-state index >= 15 is 0 Å². The number of pyridine rings is 1. The molecule has 1 saturated carbocycles. The van der Waals surface area contributed by atoms with Gasteiger partial charge in [0.05, 0.1) is 12.8 Å². The van der Waals surface area contributed by atoms with E-state index in [4.69, 9.17) is 4.74 Å². The molecule has 0 unspecified atom stereocenters. The van der Waals surface area contributed by atoms with Crippen molar-refractivity contribution >= 4 is 5.82 Å². The largest absolute Gasteiger partial charge is 0.477 e. The lowest BCUT2D eigenvalue weighted by molar-refractivity contribution is 0.284. The second-order valence-electron chi connectivity index (χ2n) is 6.90. The van der Waals surface area contributed by atoms with Crippen molar-refractivity contribution in [3.8, 4) is 5.88 Å². The Morgan fingerprint density at radius 2 is 2.22 bits per heavy atom. The van der Waals surface area contributed by atoms with E-state index in [9.17, 15) is 0 Å². The maximum atomic E-state index is 5.99. The van der Waals surface area contributed by atoms with E-state index in [-0.39, 0.29) is 0 Å². The standard InChI is InChI=1S/C20H24N6O/c1-3-18-24-19(22-10-14-11-23-26(2)12-14)9-20(25-18)27-13-15-8-16(15)17-6-4-5-7-21-17/h4-7,9,11-12,15-16H,3,8,10,13H2,1-2H3,(H,22,24,25)/t15-,16+/m1/s1. The van der Waals surface area contributed by atoms with Crippen LogP contribution in [0.4, 0.5) is 5.82 Å². The summed E-state index contributed by atoms with van der Waals surface area (Å²) >= 11 is 0. The molecule has 0 amide bonds. The number of rotatable bonds is 8. The van der Waals surface area contributed by atoms with Crippen LogP contribution in [0, 0.1) is 5.92 Å². The van der Waals surface area contributed by atoms with Crippen molar-refractivity contribution in [3.63, 3.8) is 0 Å². The van der Waals surface area contributed by atoms with Gasteiger partial charge in [0, 0.05) is 61.6 Å². The number of nitrogens with one attached hydrogen (secondary N) is 1. The molecule has 140 valence electrons. The maximum Gasteiger partial charge on any atom is 0.218 e. The second kappa shape index (κ2) is 7.73. The zero-order valence-electron chi connectivity index (χ0n) is 15.7. The molecule has 0 aromatic carbocycles. The summed E-state index contributed by atoms with van der Waals surface area (Å²) in [7, 11) is 1.91. The summed E-state index contributed by atoms with van der Waals surface area (Å²) in [5, 5.41) is 7.51. The van der Waals surface area contributed by atoms with Crippen LogP contribution in [0.25, 0.3) is 0 Å². The third-order valence-corrected chi connectivity index (χ3v) is 4.73. The molecule has 27 heavy (non-hydrogen) atoms. The summed E-state index contributed by atoms with van der Waals surface area (Å²) < 4.78 is 7.77. The molecule has 1 N–H and O–H groups in total. The fraction of sp³-hybridized carbons (Fsp3) is 0.400. The van der Waals surface area contributed by atoms with Gasteiger partial charge in [-0.15, -0.1) is 0 Å². The minimum absolute atomic E-state index is 0.502. The minimum atomic E-state index is 0.502. The molecule has 0 radical (unpaired) electrons. The van der Waals surface area contributed by atoms with E-state index in [0.29, 0.717) is 30.9 Å². The predicted octanol–water partition coefficient (Wildman–Crippen LogP) is 2.96. The van der Waals surface area contributed by atoms with Crippen LogP contribution in [0.3, 0.4) is 0 Å². The van der Waals surface area contributed by atoms with Crippen LogP contribution in [0.2, 0.25) is 0 Å². The molecular weight excluding hydrogens is 340 g/mol. The Morgan fingerprint density at radius 3 is 2.96 bits per heavy atom. The first-order chi connectivity index (χ1) is 13.2. The second-order valence-corrected chi connectivity index (χ2v) is 6.90. The van der Waals surface area contributed by atoms with Gasteiger partial charge in [0.2, 0.25) is 5.88 Å². The minimum Gasteiger partial charge on any atom is -0.477 e. The molecule has 0 aliphatic heterocycles. The van der Waals surface area contributed by atoms with Gasteiger partial charge in [-0.2, -0.15) is 10.1 Å². The summed E-state index contributed by atoms with van der Waals surface area (Å²) in [5.74, 6) is 3.19. The SMILES string of the molecule is CCc1nc(NCc2cnn(C)c2)cc(OC[C@H]2C[C@@H]2c2ccccn2)n1. The molecule has 3 aromatic heterocycles. The van der Waals surface area contributed by atoms with Crippen molar-refractivity contribution in [2.45, 2.75) is 32.2 Å². The third kappa shape index (κ3) is 4.42. The Hall–Kier alpha value is -2.96. The first-order valence-corrected chi connectivity index (χ1v) is 9.34. The zero-order chi connectivity index (χ0) is 18.6. The van der Waals surface area contributed by atoms with Gasteiger partial charge in [0.1, 0.15) is 11.6 Å². The van der Waals surface area contributed by atoms with E-state index in [0.717, 1.165) is 35.7 Å². The van der Waals surface area contributed by atoms with E-state index < -0.39 is 0 Å². The zero-order valence-corrected chi connectivity index (χ0v) is 15.7. The lowest BCUT2D eigenvalue weighted by atomic mass is 10.2. The van der Waals surface area contributed by atoms with Crippen LogP contribution >= 0.6 is 0 Å². The summed E-state index contributed by atoms with van der Waals surface area (Å²) in [6.45, 7) is 3.36. The van der Waals surface area contributed by atoms with Crippen LogP contribution in [0.5, 0.6) is 5.88 Å². The molecule has 2 atom stereocenters. The van der Waals surface area contributed by atoms with Crippen molar-refractivity contribution in [1.29, 1.82) is 0 Å². The number of aryl methyl sites for hydroxylation is 2. The van der Waals surface area contributed by atoms with Crippen LogP contribution in [0.15, 0.2) is 42.9 Å². The number of aromatic nitrogens is 5. The highest BCUT2D eigenvalue weighted by molar-refractivity contribution is 5.39. The van der Waals surface area contributed by atoms with Crippen LogP contribution in [0.1, 0.15) is 36.3 Å². The van der Waals surface area contributed by atoms with Gasteiger partial charge >= 0.3 is 0 Å². The fourth-order valence-corrected chi connectivity index (χ4v) is 3.13. The van der Waals surface area contributed by atoms with E-state index in [1.54, 1.807) is 4.68 Å². The van der Waals surface area contributed by atoms with Gasteiger partial charge in [0.25, 0.3) is 0 Å². The van der Waals surface area contributed by atoms with E-state index in [1.165, 1.54) is 0 Å². The van der Waals surface area contributed by atoms with Crippen LogP contribution < -0.4 is 10.1 Å². The maximum absolute atomic E-state index is 5.99. The molecular formula is C20H24N6O. The normalized spacial score (nSPS) is 18.3. The van der Waals surface area contributed by atoms with Crippen molar-refractivity contribution < 1.29 is 4.74 Å². The van der Waals surface area contributed by atoms with Crippen LogP contribution in [-0.4, -0.2) is 31.3 Å². The Kier molecular flexibility index (Phi) is 5.00. The van der Waals surface area contributed by atoms with Gasteiger partial charge in [-0.1, -0.05) is 13.0 Å². The molecule has 1 fully saturated rings. The van der Waals surface area contributed by atoms with Gasteiger partial charge in [0.15, 0.2) is 0 Å². The van der Waals surface area contributed by atoms with Crippen molar-refractivity contribution in [2.24, 2.45) is 13.0 Å². The molecule has 1 aliphatic rings. The fourth-order valence-electron chi connectivity index (χ4n) is 3.13. The molecule has 0 bridgehead atoms. The van der Waals surface area contributed by atoms with E-state index in [2.05, 4.69) is 31.4 Å². The van der Waals surface area contributed by atoms with Crippen LogP contribution in [-0.2, 0) is 20.0 Å². The highest BCUT2D eigenvalue weighted by Gasteiger charge is 2.39. The Bertz CT molecular complexity index is 894. The summed E-state index contributed by atoms with van der Waals surface area (Å²) in [6.07, 6.45) is 7.56. The molecule has 4 rings (SSSR count). The first kappa shape index (κ1) is 17.5. The molecule has 3 aromatic rings. The lowest BCUT2D eigenvalue weighted by Gasteiger charge is -2.10. The number of ether oxygens (including phenoxy) is 1. The number of hydrogen-bond acceptors (Lipinski definition) is 6. The van der Waals surface area contributed by atoms with E-state index in [1.807, 2.05) is 50.8 Å². The topological polar surface area (TPSA) is 77.8 Å². The van der Waals surface area contributed by atoms with Crippen molar-refractivity contribution in [3.05, 3.63) is 59.9 Å². The highest BCUT2D eigenvalue weighted by atomic mass is 16.5. The van der Waals surface area contributed by atoms with Crippen molar-refractivity contribution in [2.75, 3.05) is 11.9 Å².